The lowest BCUT2D eigenvalue weighted by molar-refractivity contribution is -0.290. The van der Waals surface area contributed by atoms with Gasteiger partial charge in [-0.3, -0.25) is 4.98 Å². The molecule has 0 unspecified atom stereocenters. The van der Waals surface area contributed by atoms with Crippen molar-refractivity contribution in [2.45, 2.75) is 12.1 Å². The van der Waals surface area contributed by atoms with Crippen molar-refractivity contribution >= 4 is 11.7 Å². The summed E-state index contributed by atoms with van der Waals surface area (Å²) >= 11 is 0. The SMILES string of the molecule is Nc1cc(C(F)(F)C(F)(F)F)ncc1C(=O)O. The molecule has 0 radical (unpaired) electrons. The molecule has 0 aliphatic rings. The van der Waals surface area contributed by atoms with E-state index < -0.39 is 35.0 Å². The van der Waals surface area contributed by atoms with Crippen molar-refractivity contribution in [2.75, 3.05) is 5.73 Å². The van der Waals surface area contributed by atoms with E-state index in [2.05, 4.69) is 4.98 Å². The van der Waals surface area contributed by atoms with Gasteiger partial charge >= 0.3 is 18.1 Å². The second-order valence-electron chi connectivity index (χ2n) is 3.03. The molecule has 1 aromatic heterocycles. The number of carboxylic acid groups (broad SMARTS) is 1. The molecule has 9 heteroatoms. The number of hydrogen-bond acceptors (Lipinski definition) is 3. The Kier molecular flexibility index (Phi) is 2.96. The van der Waals surface area contributed by atoms with Gasteiger partial charge in [0.1, 0.15) is 11.3 Å². The lowest BCUT2D eigenvalue weighted by atomic mass is 10.1. The van der Waals surface area contributed by atoms with E-state index in [0.717, 1.165) is 0 Å². The molecule has 0 aliphatic carbocycles. The number of nitrogens with zero attached hydrogens (tertiary/aromatic N) is 1. The summed E-state index contributed by atoms with van der Waals surface area (Å²) in [6.07, 6.45) is -5.47. The largest absolute Gasteiger partial charge is 0.478 e. The molecule has 0 spiro atoms. The number of pyridine rings is 1. The number of aromatic nitrogens is 1. The predicted octanol–water partition coefficient (Wildman–Crippen LogP) is 2.02. The minimum Gasteiger partial charge on any atom is -0.478 e. The molecule has 0 fully saturated rings. The summed E-state index contributed by atoms with van der Waals surface area (Å²) in [5.74, 6) is -6.75. The van der Waals surface area contributed by atoms with Crippen LogP contribution in [0.3, 0.4) is 0 Å². The fourth-order valence-electron chi connectivity index (χ4n) is 0.967. The van der Waals surface area contributed by atoms with Gasteiger partial charge in [-0.2, -0.15) is 22.0 Å². The van der Waals surface area contributed by atoms with Gasteiger partial charge in [-0.05, 0) is 6.07 Å². The maximum atomic E-state index is 12.8. The zero-order valence-corrected chi connectivity index (χ0v) is 7.92. The van der Waals surface area contributed by atoms with Crippen LogP contribution in [-0.4, -0.2) is 22.2 Å². The van der Waals surface area contributed by atoms with E-state index in [1.54, 1.807) is 0 Å². The van der Waals surface area contributed by atoms with Gasteiger partial charge in [-0.15, -0.1) is 0 Å². The van der Waals surface area contributed by atoms with Gasteiger partial charge in [0.2, 0.25) is 0 Å². The quantitative estimate of drug-likeness (QED) is 0.793. The molecular weight excluding hydrogens is 251 g/mol. The Morgan fingerprint density at radius 3 is 2.18 bits per heavy atom. The third-order valence-corrected chi connectivity index (χ3v) is 1.84. The van der Waals surface area contributed by atoms with Gasteiger partial charge < -0.3 is 10.8 Å². The van der Waals surface area contributed by atoms with E-state index in [1.807, 2.05) is 0 Å². The lowest BCUT2D eigenvalue weighted by Gasteiger charge is -2.19. The molecule has 17 heavy (non-hydrogen) atoms. The summed E-state index contributed by atoms with van der Waals surface area (Å²) in [4.78, 5) is 13.2. The number of nitrogens with two attached hydrogens (primary N) is 1. The van der Waals surface area contributed by atoms with Crippen molar-refractivity contribution in [1.29, 1.82) is 0 Å². The van der Waals surface area contributed by atoms with Gasteiger partial charge in [0.05, 0.1) is 0 Å². The smallest absolute Gasteiger partial charge is 0.459 e. The molecule has 4 nitrogen and oxygen atoms in total. The minimum atomic E-state index is -5.82. The molecule has 1 aromatic rings. The lowest BCUT2D eigenvalue weighted by Crippen LogP contribution is -2.34. The Balaban J connectivity index is 3.28. The first kappa shape index (κ1) is 13.1. The number of carboxylic acids is 1. The second-order valence-corrected chi connectivity index (χ2v) is 3.03. The molecule has 0 aromatic carbocycles. The van der Waals surface area contributed by atoms with Crippen LogP contribution in [-0.2, 0) is 5.92 Å². The van der Waals surface area contributed by atoms with Crippen molar-refractivity contribution < 1.29 is 31.9 Å². The van der Waals surface area contributed by atoms with Gasteiger partial charge in [-0.1, -0.05) is 0 Å². The Labute approximate surface area is 90.9 Å². The molecule has 0 saturated carbocycles. The molecule has 1 heterocycles. The number of rotatable bonds is 2. The first-order chi connectivity index (χ1) is 7.57. The fraction of sp³-hybridized carbons (Fsp3) is 0.250. The highest BCUT2D eigenvalue weighted by molar-refractivity contribution is 5.93. The van der Waals surface area contributed by atoms with Crippen molar-refractivity contribution in [1.82, 2.24) is 4.98 Å². The molecule has 0 amide bonds. The van der Waals surface area contributed by atoms with Crippen LogP contribution in [0.4, 0.5) is 27.6 Å². The Hall–Kier alpha value is -1.93. The van der Waals surface area contributed by atoms with Crippen molar-refractivity contribution in [3.8, 4) is 0 Å². The molecule has 0 aliphatic heterocycles. The van der Waals surface area contributed by atoms with Crippen LogP contribution in [0.25, 0.3) is 0 Å². The second kappa shape index (κ2) is 3.82. The van der Waals surface area contributed by atoms with Crippen molar-refractivity contribution in [3.63, 3.8) is 0 Å². The van der Waals surface area contributed by atoms with Crippen LogP contribution in [0, 0.1) is 0 Å². The molecule has 1 rings (SSSR count). The molecule has 3 N–H and O–H groups in total. The zero-order valence-electron chi connectivity index (χ0n) is 7.92. The maximum Gasteiger partial charge on any atom is 0.459 e. The topological polar surface area (TPSA) is 76.2 Å². The van der Waals surface area contributed by atoms with E-state index in [9.17, 15) is 26.7 Å². The summed E-state index contributed by atoms with van der Waals surface area (Å²) in [5.41, 5.74) is 2.03. The fourth-order valence-corrected chi connectivity index (χ4v) is 0.967. The number of aromatic carboxylic acids is 1. The van der Waals surface area contributed by atoms with E-state index in [4.69, 9.17) is 10.8 Å². The summed E-state index contributed by atoms with van der Waals surface area (Å²) in [6, 6.07) is 0.191. The van der Waals surface area contributed by atoms with E-state index in [1.165, 1.54) is 0 Å². The van der Waals surface area contributed by atoms with Gasteiger partial charge in [0.15, 0.2) is 0 Å². The van der Waals surface area contributed by atoms with Crippen LogP contribution in [0.2, 0.25) is 0 Å². The minimum absolute atomic E-state index is 0.191. The average Bonchev–Trinajstić information content (AvgIpc) is 2.14. The Bertz CT molecular complexity index is 458. The standard InChI is InChI=1S/C8H5F5N2O2/c9-7(10,8(11,12)13)5-1-4(14)3(2-15-5)6(16)17/h1-2H,(H2,14,15)(H,16,17). The first-order valence-electron chi connectivity index (χ1n) is 4.01. The summed E-state index contributed by atoms with van der Waals surface area (Å²) in [6.45, 7) is 0. The van der Waals surface area contributed by atoms with Crippen LogP contribution in [0.15, 0.2) is 12.3 Å². The van der Waals surface area contributed by atoms with E-state index in [-0.39, 0.29) is 6.07 Å². The van der Waals surface area contributed by atoms with Gasteiger partial charge in [-0.25, -0.2) is 4.79 Å². The molecule has 94 valence electrons. The summed E-state index contributed by atoms with van der Waals surface area (Å²) in [5, 5.41) is 8.49. The van der Waals surface area contributed by atoms with E-state index in [0.29, 0.717) is 6.20 Å². The number of carbonyl (C=O) groups is 1. The molecule has 0 atom stereocenters. The van der Waals surface area contributed by atoms with Crippen molar-refractivity contribution in [2.24, 2.45) is 0 Å². The Morgan fingerprint density at radius 1 is 1.29 bits per heavy atom. The third-order valence-electron chi connectivity index (χ3n) is 1.84. The Morgan fingerprint density at radius 2 is 1.82 bits per heavy atom. The van der Waals surface area contributed by atoms with Gasteiger partial charge in [0, 0.05) is 11.9 Å². The third kappa shape index (κ3) is 2.27. The van der Waals surface area contributed by atoms with Crippen molar-refractivity contribution in [3.05, 3.63) is 23.5 Å². The average molecular weight is 256 g/mol. The highest BCUT2D eigenvalue weighted by Gasteiger charge is 2.60. The van der Waals surface area contributed by atoms with Gasteiger partial charge in [0.25, 0.3) is 0 Å². The summed E-state index contributed by atoms with van der Waals surface area (Å²) in [7, 11) is 0. The maximum absolute atomic E-state index is 12.8. The normalized spacial score (nSPS) is 12.5. The monoisotopic (exact) mass is 256 g/mol. The summed E-state index contributed by atoms with van der Waals surface area (Å²) < 4.78 is 61.5. The number of anilines is 1. The number of alkyl halides is 5. The van der Waals surface area contributed by atoms with Crippen LogP contribution in [0.5, 0.6) is 0 Å². The molecule has 0 saturated heterocycles. The molecule has 0 bridgehead atoms. The predicted molar refractivity (Wildman–Crippen MR) is 45.6 cm³/mol. The highest BCUT2D eigenvalue weighted by atomic mass is 19.4. The number of nitrogen functional groups attached to an aromatic ring is 1. The highest BCUT2D eigenvalue weighted by Crippen LogP contribution is 2.43. The number of hydrogen-bond donors (Lipinski definition) is 2. The zero-order chi connectivity index (χ0) is 13.4. The molecular formula is C8H5F5N2O2. The number of halogens is 5. The van der Waals surface area contributed by atoms with Crippen LogP contribution >= 0.6 is 0 Å². The van der Waals surface area contributed by atoms with Crippen LogP contribution in [0.1, 0.15) is 16.1 Å². The van der Waals surface area contributed by atoms with E-state index >= 15 is 0 Å². The first-order valence-corrected chi connectivity index (χ1v) is 4.01. The van der Waals surface area contributed by atoms with Crippen LogP contribution < -0.4 is 5.73 Å².